The van der Waals surface area contributed by atoms with Crippen molar-refractivity contribution in [3.8, 4) is 0 Å². The largest absolute Gasteiger partial charge is 0.341 e. The molecule has 88 valence electrons. The minimum Gasteiger partial charge on any atom is -0.341 e. The summed E-state index contributed by atoms with van der Waals surface area (Å²) in [5, 5.41) is 3.17. The molecule has 0 spiro atoms. The first-order valence-electron chi connectivity index (χ1n) is 6.04. The molecule has 1 heterocycles. The van der Waals surface area contributed by atoms with Crippen molar-refractivity contribution in [3.05, 3.63) is 0 Å². The Morgan fingerprint density at radius 3 is 2.80 bits per heavy atom. The third-order valence-electron chi connectivity index (χ3n) is 2.96. The fourth-order valence-electron chi connectivity index (χ4n) is 2.12. The van der Waals surface area contributed by atoms with E-state index in [-0.39, 0.29) is 5.91 Å². The van der Waals surface area contributed by atoms with Crippen LogP contribution in [0.25, 0.3) is 0 Å². The highest BCUT2D eigenvalue weighted by molar-refractivity contribution is 5.78. The van der Waals surface area contributed by atoms with Crippen LogP contribution in [0.2, 0.25) is 0 Å². The zero-order valence-corrected chi connectivity index (χ0v) is 10.3. The SMILES string of the molecule is CCCNCC(=O)N1CCCC(C)(C)C1. The van der Waals surface area contributed by atoms with E-state index < -0.39 is 0 Å². The molecule has 3 heteroatoms. The average molecular weight is 212 g/mol. The van der Waals surface area contributed by atoms with Crippen molar-refractivity contribution in [2.24, 2.45) is 5.41 Å². The second-order valence-electron chi connectivity index (χ2n) is 5.26. The number of carbonyl (C=O) groups excluding carboxylic acids is 1. The van der Waals surface area contributed by atoms with Gasteiger partial charge in [-0.3, -0.25) is 4.79 Å². The number of rotatable bonds is 4. The van der Waals surface area contributed by atoms with Crippen LogP contribution < -0.4 is 5.32 Å². The van der Waals surface area contributed by atoms with Crippen LogP contribution in [0.3, 0.4) is 0 Å². The molecule has 3 nitrogen and oxygen atoms in total. The van der Waals surface area contributed by atoms with Gasteiger partial charge in [-0.2, -0.15) is 0 Å². The number of amides is 1. The van der Waals surface area contributed by atoms with Crippen LogP contribution in [-0.4, -0.2) is 37.0 Å². The van der Waals surface area contributed by atoms with Crippen LogP contribution in [-0.2, 0) is 4.79 Å². The van der Waals surface area contributed by atoms with Crippen LogP contribution in [0.15, 0.2) is 0 Å². The third kappa shape index (κ3) is 4.20. The molecule has 1 amide bonds. The Bertz CT molecular complexity index is 214. The van der Waals surface area contributed by atoms with Gasteiger partial charge in [-0.15, -0.1) is 0 Å². The van der Waals surface area contributed by atoms with Crippen LogP contribution >= 0.6 is 0 Å². The molecule has 1 N–H and O–H groups in total. The highest BCUT2D eigenvalue weighted by Crippen LogP contribution is 2.28. The van der Waals surface area contributed by atoms with Crippen LogP contribution in [0.5, 0.6) is 0 Å². The third-order valence-corrected chi connectivity index (χ3v) is 2.96. The summed E-state index contributed by atoms with van der Waals surface area (Å²) in [6, 6.07) is 0. The molecule has 0 saturated carbocycles. The van der Waals surface area contributed by atoms with Crippen LogP contribution in [0.4, 0.5) is 0 Å². The van der Waals surface area contributed by atoms with Crippen molar-refractivity contribution < 1.29 is 4.79 Å². The Hall–Kier alpha value is -0.570. The van der Waals surface area contributed by atoms with E-state index in [1.54, 1.807) is 0 Å². The summed E-state index contributed by atoms with van der Waals surface area (Å²) in [5.74, 6) is 0.260. The van der Waals surface area contributed by atoms with Gasteiger partial charge in [0, 0.05) is 13.1 Å². The summed E-state index contributed by atoms with van der Waals surface area (Å²) >= 11 is 0. The van der Waals surface area contributed by atoms with Gasteiger partial charge in [0.1, 0.15) is 0 Å². The molecule has 0 aliphatic carbocycles. The van der Waals surface area contributed by atoms with Crippen molar-refractivity contribution in [2.75, 3.05) is 26.2 Å². The fourth-order valence-corrected chi connectivity index (χ4v) is 2.12. The normalized spacial score (nSPS) is 20.3. The molecule has 1 aliphatic rings. The number of piperidine rings is 1. The Morgan fingerprint density at radius 1 is 1.47 bits per heavy atom. The lowest BCUT2D eigenvalue weighted by molar-refractivity contribution is -0.133. The monoisotopic (exact) mass is 212 g/mol. The average Bonchev–Trinajstić information content (AvgIpc) is 2.16. The molecule has 0 aromatic rings. The van der Waals surface area contributed by atoms with E-state index in [9.17, 15) is 4.79 Å². The second kappa shape index (κ2) is 5.50. The highest BCUT2D eigenvalue weighted by Gasteiger charge is 2.28. The Labute approximate surface area is 93.2 Å². The molecular weight excluding hydrogens is 188 g/mol. The molecule has 1 fully saturated rings. The van der Waals surface area contributed by atoms with Gasteiger partial charge in [0.15, 0.2) is 0 Å². The van der Waals surface area contributed by atoms with Gasteiger partial charge in [0.25, 0.3) is 0 Å². The molecule has 0 bridgehead atoms. The fraction of sp³-hybridized carbons (Fsp3) is 0.917. The van der Waals surface area contributed by atoms with E-state index in [0.29, 0.717) is 12.0 Å². The number of nitrogens with one attached hydrogen (secondary N) is 1. The van der Waals surface area contributed by atoms with Crippen molar-refractivity contribution >= 4 is 5.91 Å². The van der Waals surface area contributed by atoms with E-state index in [0.717, 1.165) is 32.5 Å². The maximum atomic E-state index is 11.8. The van der Waals surface area contributed by atoms with Crippen LogP contribution in [0.1, 0.15) is 40.0 Å². The summed E-state index contributed by atoms with van der Waals surface area (Å²) in [4.78, 5) is 13.8. The smallest absolute Gasteiger partial charge is 0.236 e. The summed E-state index contributed by atoms with van der Waals surface area (Å²) in [6.07, 6.45) is 3.46. The van der Waals surface area contributed by atoms with E-state index in [4.69, 9.17) is 0 Å². The van der Waals surface area contributed by atoms with Crippen molar-refractivity contribution in [2.45, 2.75) is 40.0 Å². The number of carbonyl (C=O) groups is 1. The second-order valence-corrected chi connectivity index (χ2v) is 5.26. The molecule has 0 radical (unpaired) electrons. The first-order chi connectivity index (χ1) is 7.05. The van der Waals surface area contributed by atoms with E-state index in [1.165, 1.54) is 6.42 Å². The van der Waals surface area contributed by atoms with Crippen molar-refractivity contribution in [3.63, 3.8) is 0 Å². The molecule has 0 atom stereocenters. The Morgan fingerprint density at radius 2 is 2.20 bits per heavy atom. The van der Waals surface area contributed by atoms with Gasteiger partial charge in [-0.25, -0.2) is 0 Å². The Balaban J connectivity index is 2.32. The van der Waals surface area contributed by atoms with Gasteiger partial charge < -0.3 is 10.2 Å². The maximum absolute atomic E-state index is 11.8. The molecule has 1 saturated heterocycles. The minimum atomic E-state index is 0.260. The van der Waals surface area contributed by atoms with Gasteiger partial charge in [0.2, 0.25) is 5.91 Å². The first-order valence-corrected chi connectivity index (χ1v) is 6.04. The van der Waals surface area contributed by atoms with Gasteiger partial charge >= 0.3 is 0 Å². The van der Waals surface area contributed by atoms with Gasteiger partial charge in [0.05, 0.1) is 6.54 Å². The maximum Gasteiger partial charge on any atom is 0.236 e. The zero-order valence-electron chi connectivity index (χ0n) is 10.3. The molecule has 15 heavy (non-hydrogen) atoms. The van der Waals surface area contributed by atoms with E-state index in [1.807, 2.05) is 4.90 Å². The molecule has 1 aliphatic heterocycles. The lowest BCUT2D eigenvalue weighted by Crippen LogP contribution is -2.46. The van der Waals surface area contributed by atoms with Crippen molar-refractivity contribution in [1.82, 2.24) is 10.2 Å². The first kappa shape index (κ1) is 12.5. The summed E-state index contributed by atoms with van der Waals surface area (Å²) in [5.41, 5.74) is 0.304. The lowest BCUT2D eigenvalue weighted by Gasteiger charge is -2.38. The molecule has 0 unspecified atom stereocenters. The van der Waals surface area contributed by atoms with Crippen molar-refractivity contribution in [1.29, 1.82) is 0 Å². The number of nitrogens with zero attached hydrogens (tertiary/aromatic N) is 1. The quantitative estimate of drug-likeness (QED) is 0.718. The standard InChI is InChI=1S/C12H24N2O/c1-4-7-13-9-11(15)14-8-5-6-12(2,3)10-14/h13H,4-10H2,1-3H3. The highest BCUT2D eigenvalue weighted by atomic mass is 16.2. The predicted molar refractivity (Wildman–Crippen MR) is 62.8 cm³/mol. The lowest BCUT2D eigenvalue weighted by atomic mass is 9.84. The molecule has 1 rings (SSSR count). The van der Waals surface area contributed by atoms with E-state index in [2.05, 4.69) is 26.1 Å². The zero-order chi connectivity index (χ0) is 11.3. The topological polar surface area (TPSA) is 32.3 Å². The molecule has 0 aromatic heterocycles. The predicted octanol–water partition coefficient (Wildman–Crippen LogP) is 1.63. The van der Waals surface area contributed by atoms with Gasteiger partial charge in [-0.1, -0.05) is 20.8 Å². The van der Waals surface area contributed by atoms with E-state index >= 15 is 0 Å². The number of hydrogen-bond acceptors (Lipinski definition) is 2. The summed E-state index contributed by atoms with van der Waals surface area (Å²) < 4.78 is 0. The molecule has 0 aromatic carbocycles. The summed E-state index contributed by atoms with van der Waals surface area (Å²) in [7, 11) is 0. The number of likely N-dealkylation sites (tertiary alicyclic amines) is 1. The van der Waals surface area contributed by atoms with Crippen LogP contribution in [0, 0.1) is 5.41 Å². The Kier molecular flexibility index (Phi) is 4.58. The minimum absolute atomic E-state index is 0.260. The van der Waals surface area contributed by atoms with Gasteiger partial charge in [-0.05, 0) is 31.2 Å². The molecular formula is C12H24N2O. The summed E-state index contributed by atoms with van der Waals surface area (Å²) in [6.45, 7) is 9.89. The number of hydrogen-bond donors (Lipinski definition) is 1.